The number of methoxy groups -OCH3 is 1. The molecule has 0 radical (unpaired) electrons. The summed E-state index contributed by atoms with van der Waals surface area (Å²) in [5.41, 5.74) is 2.04. The summed E-state index contributed by atoms with van der Waals surface area (Å²) in [4.78, 5) is 12.5. The van der Waals surface area contributed by atoms with Crippen molar-refractivity contribution in [3.05, 3.63) is 53.6 Å². The first-order chi connectivity index (χ1) is 10.3. The smallest absolute Gasteiger partial charge is 0.198 e. The lowest BCUT2D eigenvalue weighted by molar-refractivity contribution is 0.413. The predicted octanol–water partition coefficient (Wildman–Crippen LogP) is 3.30. The van der Waals surface area contributed by atoms with Crippen molar-refractivity contribution in [1.29, 1.82) is 0 Å². The van der Waals surface area contributed by atoms with Crippen LogP contribution in [-0.4, -0.2) is 22.1 Å². The molecule has 21 heavy (non-hydrogen) atoms. The van der Waals surface area contributed by atoms with E-state index in [0.717, 1.165) is 16.5 Å². The molecule has 0 amide bonds. The van der Waals surface area contributed by atoms with Gasteiger partial charge in [-0.2, -0.15) is 0 Å². The molecule has 0 atom stereocenters. The Kier molecular flexibility index (Phi) is 3.83. The lowest BCUT2D eigenvalue weighted by Crippen LogP contribution is -2.05. The average molecular weight is 301 g/mol. The van der Waals surface area contributed by atoms with Crippen LogP contribution < -0.4 is 10.1 Å². The van der Waals surface area contributed by atoms with Gasteiger partial charge in [0, 0.05) is 18.1 Å². The molecule has 5 nitrogen and oxygen atoms in total. The van der Waals surface area contributed by atoms with Gasteiger partial charge in [-0.25, -0.2) is 9.97 Å². The summed E-state index contributed by atoms with van der Waals surface area (Å²) in [5, 5.41) is 4.60. The van der Waals surface area contributed by atoms with E-state index in [1.54, 1.807) is 6.20 Å². The number of halogens is 1. The highest BCUT2D eigenvalue weighted by molar-refractivity contribution is 6.31. The largest absolute Gasteiger partial charge is 0.490 e. The number of rotatable bonds is 4. The molecule has 6 heteroatoms. The number of anilines is 1. The van der Waals surface area contributed by atoms with Gasteiger partial charge in [-0.1, -0.05) is 35.9 Å². The maximum absolute atomic E-state index is 5.98. The second-order valence-corrected chi connectivity index (χ2v) is 4.75. The maximum Gasteiger partial charge on any atom is 0.198 e. The minimum atomic E-state index is 0.283. The molecule has 1 N–H and O–H groups in total. The van der Waals surface area contributed by atoms with E-state index in [1.165, 1.54) is 13.4 Å². The van der Waals surface area contributed by atoms with Gasteiger partial charge < -0.3 is 10.1 Å². The lowest BCUT2D eigenvalue weighted by Gasteiger charge is -2.11. The number of hydrogen-bond acceptors (Lipinski definition) is 5. The first-order valence-corrected chi connectivity index (χ1v) is 6.78. The maximum atomic E-state index is 5.98. The van der Waals surface area contributed by atoms with Crippen molar-refractivity contribution in [2.45, 2.75) is 6.54 Å². The fourth-order valence-corrected chi connectivity index (χ4v) is 2.36. The molecular weight excluding hydrogens is 288 g/mol. The number of para-hydroxylation sites is 1. The normalized spacial score (nSPS) is 10.6. The van der Waals surface area contributed by atoms with Gasteiger partial charge in [-0.05, 0) is 11.6 Å². The Balaban J connectivity index is 1.89. The van der Waals surface area contributed by atoms with Crippen molar-refractivity contribution in [3.63, 3.8) is 0 Å². The van der Waals surface area contributed by atoms with Gasteiger partial charge >= 0.3 is 0 Å². The lowest BCUT2D eigenvalue weighted by atomic mass is 10.1. The quantitative estimate of drug-likeness (QED) is 0.749. The van der Waals surface area contributed by atoms with E-state index >= 15 is 0 Å². The van der Waals surface area contributed by atoms with Gasteiger partial charge in [0.05, 0.1) is 12.6 Å². The predicted molar refractivity (Wildman–Crippen MR) is 82.7 cm³/mol. The van der Waals surface area contributed by atoms with Gasteiger partial charge in [-0.3, -0.25) is 4.98 Å². The van der Waals surface area contributed by atoms with E-state index in [4.69, 9.17) is 16.3 Å². The van der Waals surface area contributed by atoms with Gasteiger partial charge in [-0.15, -0.1) is 0 Å². The molecule has 0 fully saturated rings. The van der Waals surface area contributed by atoms with E-state index in [0.29, 0.717) is 18.1 Å². The van der Waals surface area contributed by atoms with Crippen molar-refractivity contribution in [2.24, 2.45) is 0 Å². The van der Waals surface area contributed by atoms with Crippen LogP contribution in [0.1, 0.15) is 5.56 Å². The standard InChI is InChI=1S/C15H13ClN4O/c1-21-13-14(16)19-9-20-15(13)18-8-11-5-2-4-10-6-3-7-17-12(10)11/h2-7,9H,8H2,1H3,(H,18,19,20). The Hall–Kier alpha value is -2.40. The molecule has 0 aliphatic rings. The zero-order valence-electron chi connectivity index (χ0n) is 11.4. The van der Waals surface area contributed by atoms with Gasteiger partial charge in [0.1, 0.15) is 6.33 Å². The molecule has 0 saturated carbocycles. The number of ether oxygens (including phenoxy) is 1. The van der Waals surface area contributed by atoms with E-state index < -0.39 is 0 Å². The van der Waals surface area contributed by atoms with Crippen LogP contribution in [0.5, 0.6) is 5.75 Å². The molecule has 0 aliphatic heterocycles. The summed E-state index contributed by atoms with van der Waals surface area (Å²) in [6.07, 6.45) is 3.18. The molecule has 106 valence electrons. The number of fused-ring (bicyclic) bond motifs is 1. The monoisotopic (exact) mass is 300 g/mol. The minimum absolute atomic E-state index is 0.283. The fraction of sp³-hybridized carbons (Fsp3) is 0.133. The molecule has 1 aromatic carbocycles. The van der Waals surface area contributed by atoms with Crippen LogP contribution in [-0.2, 0) is 6.54 Å². The summed E-state index contributed by atoms with van der Waals surface area (Å²) in [7, 11) is 1.54. The van der Waals surface area contributed by atoms with Crippen LogP contribution in [0.4, 0.5) is 5.82 Å². The summed E-state index contributed by atoms with van der Waals surface area (Å²) >= 11 is 5.98. The van der Waals surface area contributed by atoms with Crippen molar-refractivity contribution in [1.82, 2.24) is 15.0 Å². The van der Waals surface area contributed by atoms with Gasteiger partial charge in [0.2, 0.25) is 0 Å². The molecular formula is C15H13ClN4O. The SMILES string of the molecule is COc1c(Cl)ncnc1NCc1cccc2cccnc12. The van der Waals surface area contributed by atoms with Crippen molar-refractivity contribution < 1.29 is 4.74 Å². The Morgan fingerprint density at radius 3 is 2.86 bits per heavy atom. The first-order valence-electron chi connectivity index (χ1n) is 6.40. The third kappa shape index (κ3) is 2.73. The molecule has 2 aromatic heterocycles. The van der Waals surface area contributed by atoms with Crippen LogP contribution in [0.25, 0.3) is 10.9 Å². The van der Waals surface area contributed by atoms with E-state index in [2.05, 4.69) is 20.3 Å². The third-order valence-corrected chi connectivity index (χ3v) is 3.40. The summed E-state index contributed by atoms with van der Waals surface area (Å²) in [5.74, 6) is 0.998. The van der Waals surface area contributed by atoms with Crippen LogP contribution in [0.2, 0.25) is 5.15 Å². The van der Waals surface area contributed by atoms with Crippen molar-refractivity contribution in [2.75, 3.05) is 12.4 Å². The third-order valence-electron chi connectivity index (χ3n) is 3.13. The zero-order chi connectivity index (χ0) is 14.7. The van der Waals surface area contributed by atoms with Crippen LogP contribution in [0.3, 0.4) is 0 Å². The Bertz CT molecular complexity index is 773. The molecule has 0 spiro atoms. The highest BCUT2D eigenvalue weighted by atomic mass is 35.5. The number of benzene rings is 1. The van der Waals surface area contributed by atoms with Crippen LogP contribution in [0, 0.1) is 0 Å². The molecule has 3 rings (SSSR count). The van der Waals surface area contributed by atoms with E-state index in [-0.39, 0.29) is 5.15 Å². The highest BCUT2D eigenvalue weighted by Crippen LogP contribution is 2.29. The number of nitrogens with one attached hydrogen (secondary N) is 1. The molecule has 0 aliphatic carbocycles. The second-order valence-electron chi connectivity index (χ2n) is 4.39. The highest BCUT2D eigenvalue weighted by Gasteiger charge is 2.10. The van der Waals surface area contributed by atoms with E-state index in [9.17, 15) is 0 Å². The average Bonchev–Trinajstić information content (AvgIpc) is 2.53. The first kappa shape index (κ1) is 13.6. The summed E-state index contributed by atoms with van der Waals surface area (Å²) in [6.45, 7) is 0.568. The number of hydrogen-bond donors (Lipinski definition) is 1. The number of pyridine rings is 1. The molecule has 0 unspecified atom stereocenters. The topological polar surface area (TPSA) is 59.9 Å². The Morgan fingerprint density at radius 2 is 2.00 bits per heavy atom. The van der Waals surface area contributed by atoms with Crippen molar-refractivity contribution in [3.8, 4) is 5.75 Å². The van der Waals surface area contributed by atoms with Crippen LogP contribution in [0.15, 0.2) is 42.9 Å². The Labute approximate surface area is 127 Å². The van der Waals surface area contributed by atoms with Crippen molar-refractivity contribution >= 4 is 28.3 Å². The number of nitrogens with zero attached hydrogens (tertiary/aromatic N) is 3. The molecule has 2 heterocycles. The van der Waals surface area contributed by atoms with E-state index in [1.807, 2.05) is 30.3 Å². The molecule has 3 aromatic rings. The van der Waals surface area contributed by atoms with Gasteiger partial charge in [0.25, 0.3) is 0 Å². The Morgan fingerprint density at radius 1 is 1.14 bits per heavy atom. The fourth-order valence-electron chi connectivity index (χ4n) is 2.15. The summed E-state index contributed by atoms with van der Waals surface area (Å²) < 4.78 is 5.22. The minimum Gasteiger partial charge on any atom is -0.490 e. The number of aromatic nitrogens is 3. The van der Waals surface area contributed by atoms with Gasteiger partial charge in [0.15, 0.2) is 16.7 Å². The summed E-state index contributed by atoms with van der Waals surface area (Å²) in [6, 6.07) is 10.0. The molecule has 0 saturated heterocycles. The van der Waals surface area contributed by atoms with Crippen LogP contribution >= 0.6 is 11.6 Å². The molecule has 0 bridgehead atoms. The second kappa shape index (κ2) is 5.93. The zero-order valence-corrected chi connectivity index (χ0v) is 12.1.